The predicted octanol–water partition coefficient (Wildman–Crippen LogP) is 2.13. The lowest BCUT2D eigenvalue weighted by atomic mass is 10.2. The summed E-state index contributed by atoms with van der Waals surface area (Å²) in [6.07, 6.45) is 1.52. The zero-order valence-corrected chi connectivity index (χ0v) is 13.0. The fraction of sp³-hybridized carbons (Fsp3) is 0.312. The molecule has 0 aliphatic heterocycles. The zero-order valence-electron chi connectivity index (χ0n) is 13.0. The van der Waals surface area contributed by atoms with Gasteiger partial charge in [-0.1, -0.05) is 6.07 Å². The molecule has 3 aromatic rings. The second-order valence-electron chi connectivity index (χ2n) is 5.36. The number of aryl methyl sites for hydroxylation is 1. The molecule has 120 valence electrons. The Morgan fingerprint density at radius 1 is 1.43 bits per heavy atom. The van der Waals surface area contributed by atoms with Crippen molar-refractivity contribution >= 4 is 10.9 Å². The molecule has 1 aromatic carbocycles. The van der Waals surface area contributed by atoms with Crippen LogP contribution >= 0.6 is 0 Å². The molecule has 23 heavy (non-hydrogen) atoms. The lowest BCUT2D eigenvalue weighted by Gasteiger charge is -2.14. The molecule has 0 unspecified atom stereocenters. The molecule has 0 saturated carbocycles. The number of hydrogen-bond donors (Lipinski definition) is 2. The smallest absolute Gasteiger partial charge is 0.189 e. The summed E-state index contributed by atoms with van der Waals surface area (Å²) in [5.74, 6) is 0.391. The van der Waals surface area contributed by atoms with Crippen LogP contribution in [0.25, 0.3) is 10.9 Å². The Hall–Kier alpha value is -2.54. The van der Waals surface area contributed by atoms with Crippen molar-refractivity contribution in [2.24, 2.45) is 0 Å². The van der Waals surface area contributed by atoms with Crippen LogP contribution in [0.1, 0.15) is 31.4 Å². The van der Waals surface area contributed by atoms with Crippen LogP contribution in [0.4, 0.5) is 4.39 Å². The van der Waals surface area contributed by atoms with Crippen molar-refractivity contribution in [1.29, 1.82) is 0 Å². The molecule has 2 aromatic heterocycles. The molecule has 2 heterocycles. The Morgan fingerprint density at radius 3 is 3.04 bits per heavy atom. The molecular weight excluding hydrogens is 297 g/mol. The number of aromatic nitrogens is 4. The molecule has 7 heteroatoms. The van der Waals surface area contributed by atoms with E-state index in [1.165, 1.54) is 24.5 Å². The van der Waals surface area contributed by atoms with Crippen LogP contribution in [0.3, 0.4) is 0 Å². The number of rotatable bonds is 5. The van der Waals surface area contributed by atoms with Crippen LogP contribution in [0, 0.1) is 5.82 Å². The van der Waals surface area contributed by atoms with Gasteiger partial charge in [-0.05, 0) is 26.0 Å². The number of halogens is 1. The van der Waals surface area contributed by atoms with Gasteiger partial charge in [-0.3, -0.25) is 4.79 Å². The minimum absolute atomic E-state index is 0.0442. The highest BCUT2D eigenvalue weighted by molar-refractivity contribution is 5.78. The van der Waals surface area contributed by atoms with Crippen LogP contribution in [0.2, 0.25) is 0 Å². The van der Waals surface area contributed by atoms with E-state index < -0.39 is 5.82 Å². The average molecular weight is 315 g/mol. The normalized spacial score (nSPS) is 12.7. The molecule has 6 nitrogen and oxygen atoms in total. The predicted molar refractivity (Wildman–Crippen MR) is 85.5 cm³/mol. The van der Waals surface area contributed by atoms with Crippen LogP contribution in [-0.4, -0.2) is 19.7 Å². The minimum atomic E-state index is -0.430. The van der Waals surface area contributed by atoms with Crippen LogP contribution < -0.4 is 10.7 Å². The first-order valence-corrected chi connectivity index (χ1v) is 7.51. The summed E-state index contributed by atoms with van der Waals surface area (Å²) >= 11 is 0. The molecule has 1 atom stereocenters. The van der Waals surface area contributed by atoms with Gasteiger partial charge in [0.25, 0.3) is 0 Å². The standard InChI is InChI=1S/C16H18FN5O/c1-3-22-16(19-9-20-22)10(2)18-8-11-7-14(23)12-5-4-6-13(17)15(12)21-11/h4-7,9-10,18H,3,8H2,1-2H3,(H,21,23)/t10-/m1/s1. The van der Waals surface area contributed by atoms with Gasteiger partial charge in [-0.2, -0.15) is 5.10 Å². The first-order chi connectivity index (χ1) is 11.1. The van der Waals surface area contributed by atoms with E-state index in [-0.39, 0.29) is 17.0 Å². The van der Waals surface area contributed by atoms with E-state index in [9.17, 15) is 9.18 Å². The number of fused-ring (bicyclic) bond motifs is 1. The fourth-order valence-corrected chi connectivity index (χ4v) is 2.59. The Labute approximate surface area is 132 Å². The summed E-state index contributed by atoms with van der Waals surface area (Å²) in [6, 6.07) is 5.93. The van der Waals surface area contributed by atoms with Gasteiger partial charge in [0, 0.05) is 30.2 Å². The number of benzene rings is 1. The van der Waals surface area contributed by atoms with Gasteiger partial charge in [-0.25, -0.2) is 14.1 Å². The Bertz CT molecular complexity index is 886. The number of nitrogens with one attached hydrogen (secondary N) is 2. The molecule has 0 spiro atoms. The van der Waals surface area contributed by atoms with Crippen molar-refractivity contribution in [2.45, 2.75) is 33.0 Å². The number of aromatic amines is 1. The van der Waals surface area contributed by atoms with Gasteiger partial charge in [0.05, 0.1) is 11.6 Å². The summed E-state index contributed by atoms with van der Waals surface area (Å²) in [5, 5.41) is 7.76. The highest BCUT2D eigenvalue weighted by atomic mass is 19.1. The number of para-hydroxylation sites is 1. The van der Waals surface area contributed by atoms with Gasteiger partial charge in [-0.15, -0.1) is 0 Å². The van der Waals surface area contributed by atoms with Crippen molar-refractivity contribution in [1.82, 2.24) is 25.1 Å². The fourth-order valence-electron chi connectivity index (χ4n) is 2.59. The first kappa shape index (κ1) is 15.4. The number of pyridine rings is 1. The van der Waals surface area contributed by atoms with Gasteiger partial charge in [0.2, 0.25) is 0 Å². The van der Waals surface area contributed by atoms with Crippen molar-refractivity contribution in [2.75, 3.05) is 0 Å². The Balaban J connectivity index is 1.82. The molecule has 0 aliphatic carbocycles. The minimum Gasteiger partial charge on any atom is -0.355 e. The Kier molecular flexibility index (Phi) is 4.20. The molecule has 0 radical (unpaired) electrons. The van der Waals surface area contributed by atoms with Crippen LogP contribution in [0.5, 0.6) is 0 Å². The summed E-state index contributed by atoms with van der Waals surface area (Å²) < 4.78 is 15.7. The molecule has 0 amide bonds. The summed E-state index contributed by atoms with van der Waals surface area (Å²) in [5.41, 5.74) is 0.669. The summed E-state index contributed by atoms with van der Waals surface area (Å²) in [6.45, 7) is 5.10. The monoisotopic (exact) mass is 315 g/mol. The van der Waals surface area contributed by atoms with Crippen molar-refractivity contribution in [3.8, 4) is 0 Å². The van der Waals surface area contributed by atoms with E-state index in [1.54, 1.807) is 10.7 Å². The van der Waals surface area contributed by atoms with Gasteiger partial charge < -0.3 is 10.3 Å². The third-order valence-corrected chi connectivity index (χ3v) is 3.80. The van der Waals surface area contributed by atoms with Crippen molar-refractivity contribution in [3.63, 3.8) is 0 Å². The highest BCUT2D eigenvalue weighted by Crippen LogP contribution is 2.13. The molecule has 0 fully saturated rings. The average Bonchev–Trinajstić information content (AvgIpc) is 3.02. The third-order valence-electron chi connectivity index (χ3n) is 3.80. The second kappa shape index (κ2) is 6.29. The van der Waals surface area contributed by atoms with E-state index in [0.717, 1.165) is 12.4 Å². The SMILES string of the molecule is CCn1ncnc1[C@@H](C)NCc1cc(=O)c2cccc(F)c2[nH]1. The van der Waals surface area contributed by atoms with E-state index in [2.05, 4.69) is 20.4 Å². The Morgan fingerprint density at radius 2 is 2.26 bits per heavy atom. The van der Waals surface area contributed by atoms with Crippen molar-refractivity contribution in [3.05, 3.63) is 58.2 Å². The van der Waals surface area contributed by atoms with Crippen molar-refractivity contribution < 1.29 is 4.39 Å². The van der Waals surface area contributed by atoms with Gasteiger partial charge in [0.1, 0.15) is 18.0 Å². The van der Waals surface area contributed by atoms with Crippen LogP contribution in [-0.2, 0) is 13.1 Å². The first-order valence-electron chi connectivity index (χ1n) is 7.51. The van der Waals surface area contributed by atoms with E-state index in [1.807, 2.05) is 13.8 Å². The summed E-state index contributed by atoms with van der Waals surface area (Å²) in [7, 11) is 0. The lowest BCUT2D eigenvalue weighted by molar-refractivity contribution is 0.495. The molecular formula is C16H18FN5O. The maximum Gasteiger partial charge on any atom is 0.189 e. The molecule has 2 N–H and O–H groups in total. The zero-order chi connectivity index (χ0) is 16.4. The van der Waals surface area contributed by atoms with Gasteiger partial charge in [0.15, 0.2) is 5.43 Å². The summed E-state index contributed by atoms with van der Waals surface area (Å²) in [4.78, 5) is 19.3. The van der Waals surface area contributed by atoms with Crippen LogP contribution in [0.15, 0.2) is 35.4 Å². The topological polar surface area (TPSA) is 75.6 Å². The molecule has 0 saturated heterocycles. The number of nitrogens with zero attached hydrogens (tertiary/aromatic N) is 3. The van der Waals surface area contributed by atoms with E-state index in [4.69, 9.17) is 0 Å². The third kappa shape index (κ3) is 3.00. The molecule has 3 rings (SSSR count). The second-order valence-corrected chi connectivity index (χ2v) is 5.36. The lowest BCUT2D eigenvalue weighted by Crippen LogP contribution is -2.23. The maximum absolute atomic E-state index is 13.9. The quantitative estimate of drug-likeness (QED) is 0.756. The highest BCUT2D eigenvalue weighted by Gasteiger charge is 2.12. The number of H-pyrrole nitrogens is 1. The molecule has 0 aliphatic rings. The van der Waals surface area contributed by atoms with E-state index >= 15 is 0 Å². The maximum atomic E-state index is 13.9. The number of hydrogen-bond acceptors (Lipinski definition) is 4. The van der Waals surface area contributed by atoms with Gasteiger partial charge >= 0.3 is 0 Å². The molecule has 0 bridgehead atoms. The largest absolute Gasteiger partial charge is 0.355 e. The van der Waals surface area contributed by atoms with E-state index in [0.29, 0.717) is 17.6 Å².